The Bertz CT molecular complexity index is 700. The Labute approximate surface area is 148 Å². The highest BCUT2D eigenvalue weighted by atomic mass is 16.5. The quantitative estimate of drug-likeness (QED) is 0.748. The third kappa shape index (κ3) is 5.64. The predicted octanol–water partition coefficient (Wildman–Crippen LogP) is 3.34. The van der Waals surface area contributed by atoms with Crippen molar-refractivity contribution in [1.82, 2.24) is 5.32 Å². The molecule has 0 aliphatic heterocycles. The lowest BCUT2D eigenvalue weighted by Gasteiger charge is -2.15. The molecule has 0 radical (unpaired) electrons. The minimum atomic E-state index is -0.845. The largest absolute Gasteiger partial charge is 0.489 e. The molecule has 0 aromatic heterocycles. The van der Waals surface area contributed by atoms with Crippen LogP contribution in [0.1, 0.15) is 36.2 Å². The molecule has 0 aliphatic rings. The molecule has 0 saturated carbocycles. The number of benzene rings is 2. The lowest BCUT2D eigenvalue weighted by molar-refractivity contribution is -0.129. The van der Waals surface area contributed by atoms with Gasteiger partial charge in [-0.05, 0) is 31.5 Å². The van der Waals surface area contributed by atoms with Crippen LogP contribution >= 0.6 is 0 Å². The number of hydrogen-bond acceptors (Lipinski definition) is 4. The van der Waals surface area contributed by atoms with Gasteiger partial charge in [-0.2, -0.15) is 0 Å². The molecule has 0 bridgehead atoms. The molecule has 1 N–H and O–H groups in total. The number of carbonyl (C=O) groups excluding carboxylic acids is 2. The highest BCUT2D eigenvalue weighted by Gasteiger charge is 2.20. The average molecular weight is 341 g/mol. The van der Waals surface area contributed by atoms with Crippen molar-refractivity contribution in [2.24, 2.45) is 0 Å². The van der Waals surface area contributed by atoms with Gasteiger partial charge in [0.25, 0.3) is 5.91 Å². The number of rotatable bonds is 8. The number of ether oxygens (including phenoxy) is 2. The van der Waals surface area contributed by atoms with Gasteiger partial charge in [0.1, 0.15) is 12.4 Å². The van der Waals surface area contributed by atoms with Crippen LogP contribution < -0.4 is 10.1 Å². The molecule has 5 heteroatoms. The van der Waals surface area contributed by atoms with Gasteiger partial charge in [0.15, 0.2) is 6.10 Å². The molecule has 132 valence electrons. The minimum Gasteiger partial charge on any atom is -0.489 e. The lowest BCUT2D eigenvalue weighted by Crippen LogP contribution is -2.36. The molecule has 2 rings (SSSR count). The van der Waals surface area contributed by atoms with Crippen molar-refractivity contribution in [2.75, 3.05) is 6.54 Å². The van der Waals surface area contributed by atoms with E-state index < -0.39 is 12.1 Å². The molecule has 0 fully saturated rings. The van der Waals surface area contributed by atoms with E-state index in [2.05, 4.69) is 5.32 Å². The maximum Gasteiger partial charge on any atom is 0.339 e. The first-order valence-electron chi connectivity index (χ1n) is 8.36. The SMILES string of the molecule is CCCNC(=O)[C@@H](C)OC(=O)c1ccccc1COc1ccccc1. The lowest BCUT2D eigenvalue weighted by atomic mass is 10.1. The number of esters is 1. The van der Waals surface area contributed by atoms with E-state index >= 15 is 0 Å². The summed E-state index contributed by atoms with van der Waals surface area (Å²) in [5.74, 6) is -0.113. The van der Waals surface area contributed by atoms with Crippen molar-refractivity contribution in [1.29, 1.82) is 0 Å². The highest BCUT2D eigenvalue weighted by Crippen LogP contribution is 2.16. The second-order valence-corrected chi connectivity index (χ2v) is 5.60. The number of para-hydroxylation sites is 1. The first-order valence-corrected chi connectivity index (χ1v) is 8.36. The molecule has 0 spiro atoms. The molecule has 1 amide bonds. The van der Waals surface area contributed by atoms with E-state index in [0.29, 0.717) is 17.7 Å². The van der Waals surface area contributed by atoms with E-state index in [1.165, 1.54) is 0 Å². The third-order valence-corrected chi connectivity index (χ3v) is 3.58. The molecule has 0 unspecified atom stereocenters. The van der Waals surface area contributed by atoms with E-state index in [1.807, 2.05) is 43.3 Å². The van der Waals surface area contributed by atoms with E-state index in [0.717, 1.165) is 12.2 Å². The summed E-state index contributed by atoms with van der Waals surface area (Å²) in [7, 11) is 0. The summed E-state index contributed by atoms with van der Waals surface area (Å²) in [6.45, 7) is 4.32. The fourth-order valence-electron chi connectivity index (χ4n) is 2.19. The summed E-state index contributed by atoms with van der Waals surface area (Å²) in [5.41, 5.74) is 1.10. The van der Waals surface area contributed by atoms with Gasteiger partial charge in [0.2, 0.25) is 0 Å². The van der Waals surface area contributed by atoms with Crippen LogP contribution in [-0.4, -0.2) is 24.5 Å². The first kappa shape index (κ1) is 18.5. The molecule has 1 atom stereocenters. The Morgan fingerprint density at radius 3 is 2.44 bits per heavy atom. The average Bonchev–Trinajstić information content (AvgIpc) is 2.65. The van der Waals surface area contributed by atoms with Crippen LogP contribution in [0.5, 0.6) is 5.75 Å². The van der Waals surface area contributed by atoms with Crippen LogP contribution in [-0.2, 0) is 16.1 Å². The van der Waals surface area contributed by atoms with Gasteiger partial charge in [-0.25, -0.2) is 4.79 Å². The monoisotopic (exact) mass is 341 g/mol. The number of carbonyl (C=O) groups is 2. The summed E-state index contributed by atoms with van der Waals surface area (Å²) >= 11 is 0. The maximum absolute atomic E-state index is 12.4. The third-order valence-electron chi connectivity index (χ3n) is 3.58. The first-order chi connectivity index (χ1) is 12.1. The zero-order valence-corrected chi connectivity index (χ0v) is 14.5. The molecular formula is C20H23NO4. The normalized spacial score (nSPS) is 11.4. The summed E-state index contributed by atoms with van der Waals surface area (Å²) in [6.07, 6.45) is -0.0198. The van der Waals surface area contributed by atoms with E-state index in [1.54, 1.807) is 25.1 Å². The Morgan fingerprint density at radius 2 is 1.72 bits per heavy atom. The highest BCUT2D eigenvalue weighted by molar-refractivity contribution is 5.93. The van der Waals surface area contributed by atoms with Crippen LogP contribution in [0, 0.1) is 0 Å². The van der Waals surface area contributed by atoms with E-state index in [9.17, 15) is 9.59 Å². The molecule has 5 nitrogen and oxygen atoms in total. The van der Waals surface area contributed by atoms with E-state index in [-0.39, 0.29) is 12.5 Å². The molecule has 25 heavy (non-hydrogen) atoms. The van der Waals surface area contributed by atoms with Crippen molar-refractivity contribution in [3.63, 3.8) is 0 Å². The smallest absolute Gasteiger partial charge is 0.339 e. The predicted molar refractivity (Wildman–Crippen MR) is 95.4 cm³/mol. The van der Waals surface area contributed by atoms with E-state index in [4.69, 9.17) is 9.47 Å². The number of nitrogens with one attached hydrogen (secondary N) is 1. The number of hydrogen-bond donors (Lipinski definition) is 1. The molecular weight excluding hydrogens is 318 g/mol. The second-order valence-electron chi connectivity index (χ2n) is 5.60. The van der Waals surface area contributed by atoms with Crippen molar-refractivity contribution in [3.8, 4) is 5.75 Å². The fourth-order valence-corrected chi connectivity index (χ4v) is 2.19. The van der Waals surface area contributed by atoms with Crippen LogP contribution in [0.15, 0.2) is 54.6 Å². The van der Waals surface area contributed by atoms with Crippen molar-refractivity contribution in [2.45, 2.75) is 33.0 Å². The van der Waals surface area contributed by atoms with Gasteiger partial charge >= 0.3 is 5.97 Å². The Morgan fingerprint density at radius 1 is 1.04 bits per heavy atom. The second kappa shape index (κ2) is 9.47. The molecule has 0 heterocycles. The Hall–Kier alpha value is -2.82. The van der Waals surface area contributed by atoms with Gasteiger partial charge < -0.3 is 14.8 Å². The zero-order valence-electron chi connectivity index (χ0n) is 14.5. The van der Waals surface area contributed by atoms with Crippen LogP contribution in [0.2, 0.25) is 0 Å². The molecule has 2 aromatic carbocycles. The van der Waals surface area contributed by atoms with Crippen molar-refractivity contribution in [3.05, 3.63) is 65.7 Å². The summed E-state index contributed by atoms with van der Waals surface area (Å²) < 4.78 is 11.0. The zero-order chi connectivity index (χ0) is 18.1. The van der Waals surface area contributed by atoms with Gasteiger partial charge in [0.05, 0.1) is 5.56 Å². The summed E-state index contributed by atoms with van der Waals surface area (Å²) in [5, 5.41) is 2.71. The standard InChI is InChI=1S/C20H23NO4/c1-3-13-21-19(22)15(2)25-20(23)18-12-8-7-9-16(18)14-24-17-10-5-4-6-11-17/h4-12,15H,3,13-14H2,1-2H3,(H,21,22)/t15-/m1/s1. The number of amides is 1. The van der Waals surface area contributed by atoms with Crippen LogP contribution in [0.3, 0.4) is 0 Å². The van der Waals surface area contributed by atoms with Crippen molar-refractivity contribution < 1.29 is 19.1 Å². The van der Waals surface area contributed by atoms with Crippen molar-refractivity contribution >= 4 is 11.9 Å². The van der Waals surface area contributed by atoms with Crippen LogP contribution in [0.25, 0.3) is 0 Å². The Balaban J connectivity index is 2.01. The Kier molecular flexibility index (Phi) is 7.01. The molecule has 0 saturated heterocycles. The van der Waals surface area contributed by atoms with Gasteiger partial charge in [-0.3, -0.25) is 4.79 Å². The summed E-state index contributed by atoms with van der Waals surface area (Å²) in [6, 6.07) is 16.4. The van der Waals surface area contributed by atoms with Gasteiger partial charge in [-0.15, -0.1) is 0 Å². The molecule has 0 aliphatic carbocycles. The minimum absolute atomic E-state index is 0.242. The summed E-state index contributed by atoms with van der Waals surface area (Å²) in [4.78, 5) is 24.3. The van der Waals surface area contributed by atoms with Crippen LogP contribution in [0.4, 0.5) is 0 Å². The topological polar surface area (TPSA) is 64.6 Å². The maximum atomic E-state index is 12.4. The molecule has 2 aromatic rings. The van der Waals surface area contributed by atoms with Gasteiger partial charge in [0, 0.05) is 12.1 Å². The fraction of sp³-hybridized carbons (Fsp3) is 0.300. The van der Waals surface area contributed by atoms with Gasteiger partial charge in [-0.1, -0.05) is 43.3 Å².